The Bertz CT molecular complexity index is 725. The molecule has 0 radical (unpaired) electrons. The number of rotatable bonds is 5. The van der Waals surface area contributed by atoms with Gasteiger partial charge in [0.25, 0.3) is 10.8 Å². The quantitative estimate of drug-likeness (QED) is 0.797. The van der Waals surface area contributed by atoms with Gasteiger partial charge < -0.3 is 4.74 Å². The molecule has 0 aliphatic heterocycles. The fourth-order valence-corrected chi connectivity index (χ4v) is 2.10. The van der Waals surface area contributed by atoms with Crippen LogP contribution in [0, 0.1) is 0 Å². The van der Waals surface area contributed by atoms with Gasteiger partial charge in [0, 0.05) is 12.1 Å². The van der Waals surface area contributed by atoms with Crippen molar-refractivity contribution in [1.82, 2.24) is 9.78 Å². The van der Waals surface area contributed by atoms with Crippen molar-refractivity contribution in [3.63, 3.8) is 0 Å². The molecule has 0 saturated carbocycles. The molecular weight excluding hydrogens is 292 g/mol. The summed E-state index contributed by atoms with van der Waals surface area (Å²) >= 11 is 5.49. The van der Waals surface area contributed by atoms with Crippen molar-refractivity contribution in [3.05, 3.63) is 46.2 Å². The third kappa shape index (κ3) is 3.31. The first-order valence-corrected chi connectivity index (χ1v) is 6.91. The van der Waals surface area contributed by atoms with E-state index in [0.717, 1.165) is 12.0 Å². The number of nitrogens with zero attached hydrogens (tertiary/aromatic N) is 2. The van der Waals surface area contributed by atoms with Crippen LogP contribution in [0.2, 0.25) is 0 Å². The highest BCUT2D eigenvalue weighted by Crippen LogP contribution is 2.22. The van der Waals surface area contributed by atoms with Crippen LogP contribution in [0.15, 0.2) is 35.1 Å². The Morgan fingerprint density at radius 3 is 2.76 bits per heavy atom. The minimum Gasteiger partial charge on any atom is -0.497 e. The van der Waals surface area contributed by atoms with Gasteiger partial charge in [-0.1, -0.05) is 19.1 Å². The second-order valence-electron chi connectivity index (χ2n) is 4.48. The molecule has 0 bridgehead atoms. The first-order chi connectivity index (χ1) is 10.1. The van der Waals surface area contributed by atoms with Crippen LogP contribution in [0.4, 0.5) is 0 Å². The molecule has 1 aromatic carbocycles. The molecule has 21 heavy (non-hydrogen) atoms. The summed E-state index contributed by atoms with van der Waals surface area (Å²) in [5.41, 5.74) is 0.714. The smallest absolute Gasteiger partial charge is 0.278 e. The van der Waals surface area contributed by atoms with Gasteiger partial charge in [-0.15, -0.1) is 0 Å². The number of aryl methyl sites for hydroxylation is 1. The van der Waals surface area contributed by atoms with Gasteiger partial charge in [-0.05, 0) is 36.2 Å². The Hall–Kier alpha value is -2.14. The summed E-state index contributed by atoms with van der Waals surface area (Å²) in [5.74, 6) is 0.668. The van der Waals surface area contributed by atoms with Gasteiger partial charge in [-0.2, -0.15) is 5.10 Å². The van der Waals surface area contributed by atoms with Crippen LogP contribution in [0.25, 0.3) is 11.3 Å². The van der Waals surface area contributed by atoms with Gasteiger partial charge >= 0.3 is 0 Å². The molecule has 110 valence electrons. The van der Waals surface area contributed by atoms with E-state index in [4.69, 9.17) is 16.3 Å². The molecule has 0 amide bonds. The molecule has 0 saturated heterocycles. The molecule has 0 fully saturated rings. The van der Waals surface area contributed by atoms with E-state index < -0.39 is 10.8 Å². The van der Waals surface area contributed by atoms with Gasteiger partial charge in [-0.3, -0.25) is 9.59 Å². The fourth-order valence-electron chi connectivity index (χ4n) is 1.97. The van der Waals surface area contributed by atoms with E-state index in [9.17, 15) is 9.59 Å². The highest BCUT2D eigenvalue weighted by molar-refractivity contribution is 6.67. The topological polar surface area (TPSA) is 61.2 Å². The molecule has 6 heteroatoms. The maximum absolute atomic E-state index is 12.1. The fraction of sp³-hybridized carbons (Fsp3) is 0.267. The zero-order chi connectivity index (χ0) is 15.4. The summed E-state index contributed by atoms with van der Waals surface area (Å²) in [4.78, 5) is 23.5. The SMILES string of the molecule is CCCn1nc(-c2cccc(OC)c2)cc(C(=O)Cl)c1=O. The summed E-state index contributed by atoms with van der Waals surface area (Å²) in [6.45, 7) is 2.35. The maximum atomic E-state index is 12.1. The molecule has 1 aromatic heterocycles. The molecule has 2 aromatic rings. The Kier molecular flexibility index (Phi) is 4.75. The maximum Gasteiger partial charge on any atom is 0.278 e. The molecule has 0 unspecified atom stereocenters. The molecule has 5 nitrogen and oxygen atoms in total. The normalized spacial score (nSPS) is 10.4. The predicted molar refractivity (Wildman–Crippen MR) is 81.0 cm³/mol. The molecule has 1 heterocycles. The van der Waals surface area contributed by atoms with Gasteiger partial charge in [0.2, 0.25) is 0 Å². The van der Waals surface area contributed by atoms with Crippen molar-refractivity contribution in [2.75, 3.05) is 7.11 Å². The summed E-state index contributed by atoms with van der Waals surface area (Å²) < 4.78 is 6.43. The number of carbonyl (C=O) groups excluding carboxylic acids is 1. The van der Waals surface area contributed by atoms with Crippen molar-refractivity contribution >= 4 is 16.8 Å². The third-order valence-corrected chi connectivity index (χ3v) is 3.19. The monoisotopic (exact) mass is 306 g/mol. The molecule has 0 atom stereocenters. The van der Waals surface area contributed by atoms with E-state index in [0.29, 0.717) is 18.0 Å². The average molecular weight is 307 g/mol. The van der Waals surface area contributed by atoms with Gasteiger partial charge in [0.1, 0.15) is 11.3 Å². The highest BCUT2D eigenvalue weighted by Gasteiger charge is 2.14. The number of methoxy groups -OCH3 is 1. The van der Waals surface area contributed by atoms with E-state index in [1.165, 1.54) is 10.7 Å². The number of hydrogen-bond acceptors (Lipinski definition) is 4. The van der Waals surface area contributed by atoms with E-state index >= 15 is 0 Å². The van der Waals surface area contributed by atoms with Gasteiger partial charge in [-0.25, -0.2) is 4.68 Å². The van der Waals surface area contributed by atoms with Crippen LogP contribution < -0.4 is 10.3 Å². The zero-order valence-corrected chi connectivity index (χ0v) is 12.6. The minimum absolute atomic E-state index is 0.0714. The van der Waals surface area contributed by atoms with Crippen LogP contribution >= 0.6 is 11.6 Å². The highest BCUT2D eigenvalue weighted by atomic mass is 35.5. The molecule has 2 rings (SSSR count). The number of carbonyl (C=O) groups is 1. The van der Waals surface area contributed by atoms with E-state index in [2.05, 4.69) is 5.10 Å². The molecule has 0 spiro atoms. The number of aromatic nitrogens is 2. The number of benzene rings is 1. The molecular formula is C15H15ClN2O3. The van der Waals surface area contributed by atoms with E-state index in [1.54, 1.807) is 19.2 Å². The van der Waals surface area contributed by atoms with Crippen molar-refractivity contribution in [2.45, 2.75) is 19.9 Å². The number of hydrogen-bond donors (Lipinski definition) is 0. The largest absolute Gasteiger partial charge is 0.497 e. The second-order valence-corrected chi connectivity index (χ2v) is 4.82. The predicted octanol–water partition coefficient (Wildman–Crippen LogP) is 2.71. The molecule has 0 aliphatic rings. The van der Waals surface area contributed by atoms with Crippen molar-refractivity contribution in [3.8, 4) is 17.0 Å². The van der Waals surface area contributed by atoms with Crippen LogP contribution in [0.3, 0.4) is 0 Å². The number of halogens is 1. The first-order valence-electron chi connectivity index (χ1n) is 6.53. The Morgan fingerprint density at radius 1 is 1.38 bits per heavy atom. The van der Waals surface area contributed by atoms with Crippen molar-refractivity contribution in [1.29, 1.82) is 0 Å². The van der Waals surface area contributed by atoms with E-state index in [-0.39, 0.29) is 5.56 Å². The van der Waals surface area contributed by atoms with Crippen molar-refractivity contribution < 1.29 is 9.53 Å². The minimum atomic E-state index is -0.781. The summed E-state index contributed by atoms with van der Waals surface area (Å²) in [6, 6.07) is 8.64. The summed E-state index contributed by atoms with van der Waals surface area (Å²) in [7, 11) is 1.57. The standard InChI is InChI=1S/C15H15ClN2O3/c1-3-7-18-15(20)12(14(16)19)9-13(17-18)10-5-4-6-11(8-10)21-2/h4-6,8-9H,3,7H2,1-2H3. The zero-order valence-electron chi connectivity index (χ0n) is 11.8. The molecule has 0 N–H and O–H groups in total. The Morgan fingerprint density at radius 2 is 2.14 bits per heavy atom. The van der Waals surface area contributed by atoms with Crippen LogP contribution in [-0.4, -0.2) is 22.1 Å². The van der Waals surface area contributed by atoms with Crippen LogP contribution in [0.5, 0.6) is 5.75 Å². The van der Waals surface area contributed by atoms with E-state index in [1.807, 2.05) is 19.1 Å². The summed E-state index contributed by atoms with van der Waals surface area (Å²) in [5, 5.41) is 3.51. The van der Waals surface area contributed by atoms with Gasteiger partial charge in [0.05, 0.1) is 12.8 Å². The molecule has 0 aliphatic carbocycles. The lowest BCUT2D eigenvalue weighted by atomic mass is 10.1. The van der Waals surface area contributed by atoms with Crippen LogP contribution in [0.1, 0.15) is 23.7 Å². The first kappa shape index (κ1) is 15.3. The average Bonchev–Trinajstić information content (AvgIpc) is 2.49. The van der Waals surface area contributed by atoms with Crippen molar-refractivity contribution in [2.24, 2.45) is 0 Å². The number of ether oxygens (including phenoxy) is 1. The third-order valence-electron chi connectivity index (χ3n) is 2.99. The lowest BCUT2D eigenvalue weighted by Crippen LogP contribution is -2.27. The van der Waals surface area contributed by atoms with Gasteiger partial charge in [0.15, 0.2) is 0 Å². The Labute approximate surface area is 127 Å². The lowest BCUT2D eigenvalue weighted by molar-refractivity contribution is 0.107. The second kappa shape index (κ2) is 6.54. The lowest BCUT2D eigenvalue weighted by Gasteiger charge is -2.09. The Balaban J connectivity index is 2.62. The summed E-state index contributed by atoms with van der Waals surface area (Å²) in [6.07, 6.45) is 0.727. The van der Waals surface area contributed by atoms with Crippen LogP contribution in [-0.2, 0) is 6.54 Å².